The second-order valence-electron chi connectivity index (χ2n) is 6.45. The van der Waals surface area contributed by atoms with Gasteiger partial charge < -0.3 is 19.6 Å². The van der Waals surface area contributed by atoms with Crippen LogP contribution in [0.3, 0.4) is 0 Å². The van der Waals surface area contributed by atoms with Crippen molar-refractivity contribution in [3.8, 4) is 17.1 Å². The molecule has 1 aliphatic heterocycles. The van der Waals surface area contributed by atoms with E-state index in [2.05, 4.69) is 31.8 Å². The van der Waals surface area contributed by atoms with Crippen LogP contribution in [0.15, 0.2) is 36.9 Å². The molecule has 0 aliphatic carbocycles. The van der Waals surface area contributed by atoms with Crippen LogP contribution in [0.5, 0.6) is 5.75 Å². The van der Waals surface area contributed by atoms with Crippen molar-refractivity contribution in [2.45, 2.75) is 32.7 Å². The van der Waals surface area contributed by atoms with Crippen LogP contribution < -0.4 is 10.1 Å². The molecule has 0 bridgehead atoms. The van der Waals surface area contributed by atoms with E-state index in [1.54, 1.807) is 30.7 Å². The molecule has 0 spiro atoms. The monoisotopic (exact) mass is 351 g/mol. The van der Waals surface area contributed by atoms with Crippen molar-refractivity contribution in [2.24, 2.45) is 0 Å². The van der Waals surface area contributed by atoms with Crippen LogP contribution in [0.25, 0.3) is 11.4 Å². The summed E-state index contributed by atoms with van der Waals surface area (Å²) in [4.78, 5) is 24.7. The number of amides is 1. The normalized spacial score (nSPS) is 15.2. The summed E-state index contributed by atoms with van der Waals surface area (Å²) in [7, 11) is 0. The van der Waals surface area contributed by atoms with E-state index in [4.69, 9.17) is 4.74 Å². The number of aromatic nitrogens is 4. The smallest absolute Gasteiger partial charge is 0.259 e. The maximum Gasteiger partial charge on any atom is 0.259 e. The Balaban J connectivity index is 1.56. The van der Waals surface area contributed by atoms with Crippen LogP contribution in [-0.4, -0.2) is 32.0 Å². The standard InChI is InChI=1S/C19H21N5O2/c1-3-8-26-13-4-5-16(22-10-13)23-19(25)14-11-21-15-9-12(2)24-7-6-20-18(24)17(14)15/h4-7,10-12,21H,3,8-9H2,1-2H3,(H,22,23,25)/t12-/m0/s1. The lowest BCUT2D eigenvalue weighted by Crippen LogP contribution is -2.18. The second kappa shape index (κ2) is 6.67. The first-order chi connectivity index (χ1) is 12.7. The molecule has 1 atom stereocenters. The summed E-state index contributed by atoms with van der Waals surface area (Å²) in [5, 5.41) is 2.85. The number of carbonyl (C=O) groups excluding carboxylic acids is 1. The van der Waals surface area contributed by atoms with Gasteiger partial charge in [-0.25, -0.2) is 9.97 Å². The van der Waals surface area contributed by atoms with Gasteiger partial charge in [-0.2, -0.15) is 0 Å². The van der Waals surface area contributed by atoms with Crippen molar-refractivity contribution in [3.05, 3.63) is 48.2 Å². The molecule has 1 aliphatic rings. The fourth-order valence-corrected chi connectivity index (χ4v) is 3.26. The Hall–Kier alpha value is -3.09. The molecule has 0 saturated carbocycles. The molecule has 7 heteroatoms. The molecule has 1 amide bonds. The number of rotatable bonds is 5. The van der Waals surface area contributed by atoms with Crippen LogP contribution in [0.2, 0.25) is 0 Å². The third-order valence-electron chi connectivity index (χ3n) is 4.52. The van der Waals surface area contributed by atoms with Gasteiger partial charge in [0.15, 0.2) is 0 Å². The highest BCUT2D eigenvalue weighted by Crippen LogP contribution is 2.35. The zero-order valence-corrected chi connectivity index (χ0v) is 14.8. The van der Waals surface area contributed by atoms with Crippen molar-refractivity contribution in [1.82, 2.24) is 19.5 Å². The van der Waals surface area contributed by atoms with Gasteiger partial charge in [-0.15, -0.1) is 0 Å². The number of anilines is 1. The second-order valence-corrected chi connectivity index (χ2v) is 6.45. The van der Waals surface area contributed by atoms with Crippen molar-refractivity contribution < 1.29 is 9.53 Å². The number of H-pyrrole nitrogens is 1. The number of carbonyl (C=O) groups is 1. The van der Waals surface area contributed by atoms with Crippen molar-refractivity contribution >= 4 is 11.7 Å². The minimum Gasteiger partial charge on any atom is -0.492 e. The van der Waals surface area contributed by atoms with Gasteiger partial charge in [-0.1, -0.05) is 6.92 Å². The minimum atomic E-state index is -0.207. The predicted octanol–water partition coefficient (Wildman–Crippen LogP) is 3.43. The molecule has 4 rings (SSSR count). The molecule has 0 radical (unpaired) electrons. The summed E-state index contributed by atoms with van der Waals surface area (Å²) in [6.45, 7) is 4.83. The molecule has 4 heterocycles. The van der Waals surface area contributed by atoms with Gasteiger partial charge in [0, 0.05) is 36.7 Å². The molecule has 0 fully saturated rings. The number of pyridine rings is 1. The quantitative estimate of drug-likeness (QED) is 0.737. The number of nitrogens with zero attached hydrogens (tertiary/aromatic N) is 3. The molecule has 3 aromatic rings. The maximum atomic E-state index is 12.8. The Morgan fingerprint density at radius 2 is 2.31 bits per heavy atom. The molecule has 134 valence electrons. The fourth-order valence-electron chi connectivity index (χ4n) is 3.26. The number of fused-ring (bicyclic) bond motifs is 3. The summed E-state index contributed by atoms with van der Waals surface area (Å²) < 4.78 is 7.61. The Morgan fingerprint density at radius 3 is 3.08 bits per heavy atom. The van der Waals surface area contributed by atoms with Crippen LogP contribution in [0.1, 0.15) is 42.4 Å². The maximum absolute atomic E-state index is 12.8. The third-order valence-corrected chi connectivity index (χ3v) is 4.52. The van der Waals surface area contributed by atoms with E-state index < -0.39 is 0 Å². The van der Waals surface area contributed by atoms with Gasteiger partial charge in [0.1, 0.15) is 17.4 Å². The van der Waals surface area contributed by atoms with Gasteiger partial charge >= 0.3 is 0 Å². The molecule has 2 N–H and O–H groups in total. The van der Waals surface area contributed by atoms with E-state index in [1.165, 1.54) is 0 Å². The van der Waals surface area contributed by atoms with E-state index in [0.29, 0.717) is 29.8 Å². The molecular formula is C19H21N5O2. The minimum absolute atomic E-state index is 0.207. The van der Waals surface area contributed by atoms with E-state index in [0.717, 1.165) is 29.9 Å². The number of imidazole rings is 1. The molecule has 0 saturated heterocycles. The molecular weight excluding hydrogens is 330 g/mol. The van der Waals surface area contributed by atoms with E-state index >= 15 is 0 Å². The highest BCUT2D eigenvalue weighted by Gasteiger charge is 2.28. The number of hydrogen-bond acceptors (Lipinski definition) is 4. The summed E-state index contributed by atoms with van der Waals surface area (Å²) >= 11 is 0. The van der Waals surface area contributed by atoms with Crippen molar-refractivity contribution in [1.29, 1.82) is 0 Å². The predicted molar refractivity (Wildman–Crippen MR) is 98.4 cm³/mol. The summed E-state index contributed by atoms with van der Waals surface area (Å²) in [6, 6.07) is 3.86. The number of hydrogen-bond donors (Lipinski definition) is 2. The van der Waals surface area contributed by atoms with Gasteiger partial charge in [-0.3, -0.25) is 4.79 Å². The number of aromatic amines is 1. The highest BCUT2D eigenvalue weighted by molar-refractivity contribution is 6.08. The summed E-state index contributed by atoms with van der Waals surface area (Å²) in [5.74, 6) is 1.80. The number of ether oxygens (including phenoxy) is 1. The first-order valence-corrected chi connectivity index (χ1v) is 8.81. The van der Waals surface area contributed by atoms with E-state index in [1.807, 2.05) is 13.1 Å². The summed E-state index contributed by atoms with van der Waals surface area (Å²) in [6.07, 6.45) is 8.86. The first-order valence-electron chi connectivity index (χ1n) is 8.81. The third kappa shape index (κ3) is 2.85. The lowest BCUT2D eigenvalue weighted by atomic mass is 10.0. The Kier molecular flexibility index (Phi) is 4.20. The van der Waals surface area contributed by atoms with Crippen LogP contribution in [-0.2, 0) is 6.42 Å². The Morgan fingerprint density at radius 1 is 1.42 bits per heavy atom. The SMILES string of the molecule is CCCOc1ccc(NC(=O)c2c[nH]c3c2-c2nccn2[C@@H](C)C3)nc1. The molecule has 7 nitrogen and oxygen atoms in total. The van der Waals surface area contributed by atoms with Gasteiger partial charge in [0.05, 0.1) is 23.9 Å². The van der Waals surface area contributed by atoms with Gasteiger partial charge in [0.25, 0.3) is 5.91 Å². The Labute approximate surface area is 151 Å². The van der Waals surface area contributed by atoms with Crippen LogP contribution >= 0.6 is 0 Å². The Bertz CT molecular complexity index is 926. The molecule has 0 unspecified atom stereocenters. The van der Waals surface area contributed by atoms with Crippen molar-refractivity contribution in [3.63, 3.8) is 0 Å². The molecule has 0 aromatic carbocycles. The van der Waals surface area contributed by atoms with Gasteiger partial charge in [0.2, 0.25) is 0 Å². The zero-order valence-electron chi connectivity index (χ0n) is 14.8. The van der Waals surface area contributed by atoms with Crippen molar-refractivity contribution in [2.75, 3.05) is 11.9 Å². The number of nitrogens with one attached hydrogen (secondary N) is 2. The average molecular weight is 351 g/mol. The summed E-state index contributed by atoms with van der Waals surface area (Å²) in [5.41, 5.74) is 2.48. The largest absolute Gasteiger partial charge is 0.492 e. The molecule has 3 aromatic heterocycles. The lowest BCUT2D eigenvalue weighted by molar-refractivity contribution is 0.102. The highest BCUT2D eigenvalue weighted by atomic mass is 16.5. The lowest BCUT2D eigenvalue weighted by Gasteiger charge is -2.22. The first kappa shape index (κ1) is 16.4. The fraction of sp³-hybridized carbons (Fsp3) is 0.316. The van der Waals surface area contributed by atoms with Crippen LogP contribution in [0, 0.1) is 0 Å². The van der Waals surface area contributed by atoms with Gasteiger partial charge in [-0.05, 0) is 25.5 Å². The van der Waals surface area contributed by atoms with E-state index in [-0.39, 0.29) is 5.91 Å². The zero-order chi connectivity index (χ0) is 18.1. The van der Waals surface area contributed by atoms with E-state index in [9.17, 15) is 4.79 Å². The average Bonchev–Trinajstić information content (AvgIpc) is 3.28. The molecule has 26 heavy (non-hydrogen) atoms. The topological polar surface area (TPSA) is 84.8 Å². The van der Waals surface area contributed by atoms with Crippen LogP contribution in [0.4, 0.5) is 5.82 Å².